The van der Waals surface area contributed by atoms with E-state index in [1.165, 1.54) is 11.8 Å². The van der Waals surface area contributed by atoms with E-state index in [0.717, 1.165) is 15.9 Å². The van der Waals surface area contributed by atoms with Crippen LogP contribution in [0.3, 0.4) is 0 Å². The van der Waals surface area contributed by atoms with E-state index >= 15 is 0 Å². The predicted molar refractivity (Wildman–Crippen MR) is 89.4 cm³/mol. The Morgan fingerprint density at radius 1 is 1.14 bits per heavy atom. The maximum absolute atomic E-state index is 12.4. The van der Waals surface area contributed by atoms with Crippen LogP contribution in [0.2, 0.25) is 5.02 Å². The number of rotatable bonds is 4. The number of aromatic amines is 1. The summed E-state index contributed by atoms with van der Waals surface area (Å²) in [6, 6.07) is 17.2. The number of thioether (sulfide) groups is 1. The van der Waals surface area contributed by atoms with E-state index in [4.69, 9.17) is 11.6 Å². The number of carbonyl (C=O) groups is 1. The third-order valence-electron chi connectivity index (χ3n) is 3.29. The number of benzene rings is 2. The summed E-state index contributed by atoms with van der Waals surface area (Å²) >= 11 is 7.47. The first kappa shape index (κ1) is 14.2. The standard InChI is InChI=1S/C17H14ClNOS/c1-11(17(20)13-6-4-7-14(18)9-13)21-16-10-12-5-2-3-8-15(12)19-16/h2-11,19H,1H3. The number of hydrogen-bond donors (Lipinski definition) is 1. The van der Waals surface area contributed by atoms with Crippen LogP contribution in [0.4, 0.5) is 0 Å². The molecule has 106 valence electrons. The highest BCUT2D eigenvalue weighted by molar-refractivity contribution is 8.00. The summed E-state index contributed by atoms with van der Waals surface area (Å²) in [5, 5.41) is 2.57. The van der Waals surface area contributed by atoms with Crippen LogP contribution >= 0.6 is 23.4 Å². The number of para-hydroxylation sites is 1. The molecule has 0 amide bonds. The second-order valence-corrected chi connectivity index (χ2v) is 6.67. The van der Waals surface area contributed by atoms with Crippen molar-refractivity contribution in [2.75, 3.05) is 0 Å². The van der Waals surface area contributed by atoms with Gasteiger partial charge in [0.25, 0.3) is 0 Å². The van der Waals surface area contributed by atoms with Crippen LogP contribution in [0.1, 0.15) is 17.3 Å². The first-order valence-electron chi connectivity index (χ1n) is 6.68. The molecule has 0 aliphatic heterocycles. The minimum atomic E-state index is -0.170. The van der Waals surface area contributed by atoms with Gasteiger partial charge in [-0.2, -0.15) is 0 Å². The maximum Gasteiger partial charge on any atom is 0.175 e. The van der Waals surface area contributed by atoms with E-state index in [9.17, 15) is 4.79 Å². The molecule has 0 bridgehead atoms. The third kappa shape index (κ3) is 3.14. The van der Waals surface area contributed by atoms with E-state index in [-0.39, 0.29) is 11.0 Å². The number of halogens is 1. The molecule has 1 heterocycles. The number of Topliss-reactive ketones (excluding diaryl/α,β-unsaturated/α-hetero) is 1. The van der Waals surface area contributed by atoms with Crippen molar-refractivity contribution < 1.29 is 4.79 Å². The first-order valence-corrected chi connectivity index (χ1v) is 7.93. The lowest BCUT2D eigenvalue weighted by atomic mass is 10.1. The zero-order chi connectivity index (χ0) is 14.8. The Labute approximate surface area is 132 Å². The Kier molecular flexibility index (Phi) is 4.04. The number of H-pyrrole nitrogens is 1. The van der Waals surface area contributed by atoms with Gasteiger partial charge < -0.3 is 4.98 Å². The summed E-state index contributed by atoms with van der Waals surface area (Å²) in [6.07, 6.45) is 0. The van der Waals surface area contributed by atoms with Crippen LogP contribution < -0.4 is 0 Å². The van der Waals surface area contributed by atoms with Crippen LogP contribution in [0.25, 0.3) is 10.9 Å². The van der Waals surface area contributed by atoms with Crippen LogP contribution in [0.5, 0.6) is 0 Å². The Morgan fingerprint density at radius 2 is 1.95 bits per heavy atom. The second-order valence-electron chi connectivity index (χ2n) is 4.86. The number of ketones is 1. The Balaban J connectivity index is 1.79. The van der Waals surface area contributed by atoms with Gasteiger partial charge in [0.15, 0.2) is 5.78 Å². The molecule has 2 nitrogen and oxygen atoms in total. The number of hydrogen-bond acceptors (Lipinski definition) is 2. The molecule has 1 atom stereocenters. The zero-order valence-corrected chi connectivity index (χ0v) is 13.0. The summed E-state index contributed by atoms with van der Waals surface area (Å²) in [4.78, 5) is 15.8. The fraction of sp³-hybridized carbons (Fsp3) is 0.118. The van der Waals surface area contributed by atoms with Gasteiger partial charge in [-0.3, -0.25) is 4.79 Å². The fourth-order valence-electron chi connectivity index (χ4n) is 2.23. The van der Waals surface area contributed by atoms with Crippen LogP contribution in [0, 0.1) is 0 Å². The van der Waals surface area contributed by atoms with Gasteiger partial charge in [0.1, 0.15) is 0 Å². The lowest BCUT2D eigenvalue weighted by molar-refractivity contribution is 0.0994. The molecule has 0 saturated heterocycles. The van der Waals surface area contributed by atoms with E-state index in [2.05, 4.69) is 17.1 Å². The first-order chi connectivity index (χ1) is 10.1. The molecule has 3 aromatic rings. The fourth-order valence-corrected chi connectivity index (χ4v) is 3.41. The summed E-state index contributed by atoms with van der Waals surface area (Å²) in [7, 11) is 0. The maximum atomic E-state index is 12.4. The highest BCUT2D eigenvalue weighted by Crippen LogP contribution is 2.28. The monoisotopic (exact) mass is 315 g/mol. The van der Waals surface area contributed by atoms with Gasteiger partial charge >= 0.3 is 0 Å². The summed E-state index contributed by atoms with van der Waals surface area (Å²) < 4.78 is 0. The van der Waals surface area contributed by atoms with Gasteiger partial charge in [0.05, 0.1) is 10.3 Å². The average molecular weight is 316 g/mol. The quantitative estimate of drug-likeness (QED) is 0.531. The number of nitrogens with one attached hydrogen (secondary N) is 1. The van der Waals surface area contributed by atoms with Crippen molar-refractivity contribution in [3.63, 3.8) is 0 Å². The van der Waals surface area contributed by atoms with Gasteiger partial charge in [0, 0.05) is 21.5 Å². The molecule has 0 aliphatic rings. The normalized spacial score (nSPS) is 12.5. The van der Waals surface area contributed by atoms with E-state index in [1.54, 1.807) is 24.3 Å². The highest BCUT2D eigenvalue weighted by Gasteiger charge is 2.17. The number of fused-ring (bicyclic) bond motifs is 1. The second kappa shape index (κ2) is 5.96. The van der Waals surface area contributed by atoms with Crippen LogP contribution in [-0.2, 0) is 0 Å². The number of carbonyl (C=O) groups excluding carboxylic acids is 1. The molecule has 4 heteroatoms. The SMILES string of the molecule is CC(Sc1cc2ccccc2[nH]1)C(=O)c1cccc(Cl)c1. The molecule has 1 unspecified atom stereocenters. The molecule has 0 radical (unpaired) electrons. The van der Waals surface area contributed by atoms with Gasteiger partial charge in [-0.1, -0.05) is 53.7 Å². The average Bonchev–Trinajstić information content (AvgIpc) is 2.88. The van der Waals surface area contributed by atoms with Gasteiger partial charge in [0.2, 0.25) is 0 Å². The highest BCUT2D eigenvalue weighted by atomic mass is 35.5. The van der Waals surface area contributed by atoms with Crippen molar-refractivity contribution in [3.05, 3.63) is 65.2 Å². The minimum Gasteiger partial charge on any atom is -0.350 e. The molecule has 2 aromatic carbocycles. The molecule has 0 saturated carbocycles. The lowest BCUT2D eigenvalue weighted by Gasteiger charge is -2.09. The Bertz CT molecular complexity index is 763. The molecule has 21 heavy (non-hydrogen) atoms. The molecule has 0 spiro atoms. The molecule has 1 aromatic heterocycles. The topological polar surface area (TPSA) is 32.9 Å². The number of aromatic nitrogens is 1. The molecule has 0 fully saturated rings. The summed E-state index contributed by atoms with van der Waals surface area (Å²) in [6.45, 7) is 1.92. The van der Waals surface area contributed by atoms with Crippen molar-refractivity contribution in [1.82, 2.24) is 4.98 Å². The predicted octanol–water partition coefficient (Wildman–Crippen LogP) is 5.18. The largest absolute Gasteiger partial charge is 0.350 e. The minimum absolute atomic E-state index is 0.0844. The van der Waals surface area contributed by atoms with Gasteiger partial charge in [-0.15, -0.1) is 0 Å². The van der Waals surface area contributed by atoms with Crippen LogP contribution in [-0.4, -0.2) is 16.0 Å². The van der Waals surface area contributed by atoms with Crippen molar-refractivity contribution >= 4 is 40.0 Å². The van der Waals surface area contributed by atoms with E-state index < -0.39 is 0 Å². The van der Waals surface area contributed by atoms with Gasteiger partial charge in [-0.25, -0.2) is 0 Å². The van der Waals surface area contributed by atoms with E-state index in [0.29, 0.717) is 10.6 Å². The molecule has 0 aliphatic carbocycles. The lowest BCUT2D eigenvalue weighted by Crippen LogP contribution is -2.13. The van der Waals surface area contributed by atoms with Crippen molar-refractivity contribution in [2.45, 2.75) is 17.2 Å². The van der Waals surface area contributed by atoms with Gasteiger partial charge in [-0.05, 0) is 31.2 Å². The summed E-state index contributed by atoms with van der Waals surface area (Å²) in [5.41, 5.74) is 1.74. The third-order valence-corrected chi connectivity index (χ3v) is 4.56. The summed E-state index contributed by atoms with van der Waals surface area (Å²) in [5.74, 6) is 0.0844. The zero-order valence-electron chi connectivity index (χ0n) is 11.5. The smallest absolute Gasteiger partial charge is 0.175 e. The van der Waals surface area contributed by atoms with Crippen molar-refractivity contribution in [1.29, 1.82) is 0 Å². The van der Waals surface area contributed by atoms with E-state index in [1.807, 2.05) is 25.1 Å². The van der Waals surface area contributed by atoms with Crippen molar-refractivity contribution in [3.8, 4) is 0 Å². The molecular formula is C17H14ClNOS. The van der Waals surface area contributed by atoms with Crippen LogP contribution in [0.15, 0.2) is 59.6 Å². The molecule has 1 N–H and O–H groups in total. The van der Waals surface area contributed by atoms with Crippen molar-refractivity contribution in [2.24, 2.45) is 0 Å². The molecule has 3 rings (SSSR count). The Hall–Kier alpha value is -1.71. The molecular weight excluding hydrogens is 302 g/mol. The Morgan fingerprint density at radius 3 is 2.71 bits per heavy atom.